The first-order chi connectivity index (χ1) is 20.3. The maximum absolute atomic E-state index is 12.6. The molecule has 0 aliphatic carbocycles. The first-order valence-corrected chi connectivity index (χ1v) is 12.9. The third-order valence-electron chi connectivity index (χ3n) is 5.82. The second-order valence-electron chi connectivity index (χ2n) is 9.31. The number of ether oxygens (including phenoxy) is 7. The van der Waals surface area contributed by atoms with E-state index < -0.39 is 78.7 Å². The summed E-state index contributed by atoms with van der Waals surface area (Å²) in [5.74, 6) is -5.94. The number of rotatable bonds is 10. The van der Waals surface area contributed by atoms with Crippen LogP contribution in [0.4, 0.5) is 0 Å². The van der Waals surface area contributed by atoms with E-state index in [1.54, 1.807) is 18.2 Å². The molecule has 1 N–H and O–H groups in total. The van der Waals surface area contributed by atoms with Gasteiger partial charge in [-0.05, 0) is 19.1 Å². The summed E-state index contributed by atoms with van der Waals surface area (Å²) in [4.78, 5) is 72.8. The number of esters is 5. The smallest absolute Gasteiger partial charge is 0.343 e. The van der Waals surface area contributed by atoms with E-state index in [0.29, 0.717) is 0 Å². The molecule has 1 heterocycles. The van der Waals surface area contributed by atoms with E-state index in [1.165, 1.54) is 12.1 Å². The number of phenolic OH excluding ortho intramolecular Hbond substituents is 1. The van der Waals surface area contributed by atoms with Gasteiger partial charge in [-0.1, -0.05) is 18.2 Å². The zero-order valence-corrected chi connectivity index (χ0v) is 23.9. The van der Waals surface area contributed by atoms with Crippen LogP contribution >= 0.6 is 0 Å². The van der Waals surface area contributed by atoms with E-state index in [9.17, 15) is 33.9 Å². The van der Waals surface area contributed by atoms with Crippen LogP contribution in [-0.2, 0) is 42.9 Å². The Morgan fingerprint density at radius 1 is 0.767 bits per heavy atom. The van der Waals surface area contributed by atoms with E-state index in [-0.39, 0.29) is 22.6 Å². The Bertz CT molecular complexity index is 1390. The van der Waals surface area contributed by atoms with Crippen molar-refractivity contribution in [2.75, 3.05) is 6.61 Å². The summed E-state index contributed by atoms with van der Waals surface area (Å²) in [5, 5.41) is 10.7. The van der Waals surface area contributed by atoms with Crippen molar-refractivity contribution in [2.24, 2.45) is 0 Å². The lowest BCUT2D eigenvalue weighted by Crippen LogP contribution is -2.63. The highest BCUT2D eigenvalue weighted by Crippen LogP contribution is 2.37. The summed E-state index contributed by atoms with van der Waals surface area (Å²) in [6, 6.07) is 10.1. The molecule has 0 radical (unpaired) electrons. The van der Waals surface area contributed by atoms with Crippen LogP contribution in [0.25, 0.3) is 0 Å². The highest BCUT2D eigenvalue weighted by atomic mass is 16.7. The van der Waals surface area contributed by atoms with Crippen molar-refractivity contribution < 1.29 is 67.0 Å². The van der Waals surface area contributed by atoms with E-state index in [4.69, 9.17) is 33.2 Å². The number of ketones is 1. The van der Waals surface area contributed by atoms with Gasteiger partial charge in [-0.25, -0.2) is 4.79 Å². The highest BCUT2D eigenvalue weighted by Gasteiger charge is 2.53. The molecule has 0 unspecified atom stereocenters. The monoisotopic (exact) mass is 602 g/mol. The molecule has 0 spiro atoms. The Balaban J connectivity index is 2.08. The van der Waals surface area contributed by atoms with Gasteiger partial charge in [0.1, 0.15) is 35.5 Å². The minimum Gasteiger partial charge on any atom is -0.507 e. The van der Waals surface area contributed by atoms with Crippen LogP contribution in [0.3, 0.4) is 0 Å². The molecule has 2 aromatic rings. The van der Waals surface area contributed by atoms with Gasteiger partial charge in [0.25, 0.3) is 0 Å². The van der Waals surface area contributed by atoms with E-state index in [2.05, 4.69) is 0 Å². The third-order valence-corrected chi connectivity index (χ3v) is 5.82. The average molecular weight is 603 g/mol. The number of hydrogen-bond donors (Lipinski definition) is 1. The molecular weight excluding hydrogens is 572 g/mol. The molecule has 0 amide bonds. The summed E-state index contributed by atoms with van der Waals surface area (Å²) in [7, 11) is 0. The second-order valence-corrected chi connectivity index (χ2v) is 9.31. The molecule has 1 fully saturated rings. The number of phenols is 1. The number of Topliss-reactive ketones (excluding diaryl/α,β-unsaturated/α-hetero) is 1. The Morgan fingerprint density at radius 2 is 1.35 bits per heavy atom. The van der Waals surface area contributed by atoms with Crippen LogP contribution in [0.1, 0.15) is 55.3 Å². The van der Waals surface area contributed by atoms with Gasteiger partial charge in [-0.2, -0.15) is 0 Å². The zero-order valence-electron chi connectivity index (χ0n) is 23.9. The number of aromatic hydroxyl groups is 1. The van der Waals surface area contributed by atoms with Crippen LogP contribution in [0.5, 0.6) is 17.2 Å². The lowest BCUT2D eigenvalue weighted by Gasteiger charge is -2.44. The molecule has 43 heavy (non-hydrogen) atoms. The van der Waals surface area contributed by atoms with Crippen LogP contribution in [0.15, 0.2) is 42.5 Å². The summed E-state index contributed by atoms with van der Waals surface area (Å²) < 4.78 is 38.3. The van der Waals surface area contributed by atoms with Crippen molar-refractivity contribution in [3.05, 3.63) is 53.6 Å². The molecule has 3 rings (SSSR count). The molecule has 2 aromatic carbocycles. The summed E-state index contributed by atoms with van der Waals surface area (Å²) in [6.45, 7) is 4.90. The largest absolute Gasteiger partial charge is 0.507 e. The van der Waals surface area contributed by atoms with Crippen molar-refractivity contribution in [3.8, 4) is 17.2 Å². The molecule has 0 bridgehead atoms. The first-order valence-electron chi connectivity index (χ1n) is 12.9. The second kappa shape index (κ2) is 14.3. The molecular formula is C29H30O14. The minimum atomic E-state index is -1.71. The fraction of sp³-hybridized carbons (Fsp3) is 0.379. The molecule has 230 valence electrons. The molecule has 5 atom stereocenters. The minimum absolute atomic E-state index is 0.194. The summed E-state index contributed by atoms with van der Waals surface area (Å²) >= 11 is 0. The Labute approximate surface area is 245 Å². The van der Waals surface area contributed by atoms with Crippen molar-refractivity contribution >= 4 is 35.6 Å². The van der Waals surface area contributed by atoms with Gasteiger partial charge in [-0.15, -0.1) is 0 Å². The highest BCUT2D eigenvalue weighted by molar-refractivity contribution is 6.00. The Hall–Kier alpha value is -4.98. The van der Waals surface area contributed by atoms with E-state index >= 15 is 0 Å². The number of carbonyl (C=O) groups is 6. The van der Waals surface area contributed by atoms with Crippen molar-refractivity contribution in [2.45, 2.75) is 65.3 Å². The topological polar surface area (TPSA) is 187 Å². The fourth-order valence-electron chi connectivity index (χ4n) is 4.23. The molecule has 14 nitrogen and oxygen atoms in total. The van der Waals surface area contributed by atoms with Crippen molar-refractivity contribution in [1.82, 2.24) is 0 Å². The SMILES string of the molecule is CC(=O)OC[C@H]1O[C@H](Oc2cc(OC(=O)c3ccccc3)cc(O)c2C(C)=O)[C@H](OC(C)=O)[C@@H](OC(C)=O)[C@H]1OC(C)=O. The summed E-state index contributed by atoms with van der Waals surface area (Å²) in [6.07, 6.45) is -7.64. The van der Waals surface area contributed by atoms with Gasteiger partial charge in [0.2, 0.25) is 12.4 Å². The number of carbonyl (C=O) groups excluding carboxylic acids is 6. The quantitative estimate of drug-likeness (QED) is 0.180. The van der Waals surface area contributed by atoms with Crippen molar-refractivity contribution in [1.29, 1.82) is 0 Å². The van der Waals surface area contributed by atoms with Gasteiger partial charge >= 0.3 is 29.8 Å². The molecule has 1 aliphatic heterocycles. The maximum atomic E-state index is 12.6. The van der Waals surface area contributed by atoms with Gasteiger partial charge in [0.05, 0.1) is 5.56 Å². The van der Waals surface area contributed by atoms with Gasteiger partial charge in [-0.3, -0.25) is 24.0 Å². The molecule has 0 aromatic heterocycles. The predicted octanol–water partition coefficient (Wildman–Crippen LogP) is 2.28. The van der Waals surface area contributed by atoms with Crippen LogP contribution in [-0.4, -0.2) is 78.0 Å². The summed E-state index contributed by atoms with van der Waals surface area (Å²) in [5.41, 5.74) is -0.160. The first kappa shape index (κ1) is 32.5. The molecule has 1 aliphatic rings. The van der Waals surface area contributed by atoms with Crippen LogP contribution < -0.4 is 9.47 Å². The normalized spacial score (nSPS) is 21.1. The van der Waals surface area contributed by atoms with Crippen LogP contribution in [0.2, 0.25) is 0 Å². The average Bonchev–Trinajstić information content (AvgIpc) is 2.90. The zero-order chi connectivity index (χ0) is 31.8. The third kappa shape index (κ3) is 8.75. The van der Waals surface area contributed by atoms with Gasteiger partial charge in [0, 0.05) is 39.8 Å². The van der Waals surface area contributed by atoms with Gasteiger partial charge < -0.3 is 38.3 Å². The lowest BCUT2D eigenvalue weighted by atomic mass is 9.98. The van der Waals surface area contributed by atoms with Crippen molar-refractivity contribution in [3.63, 3.8) is 0 Å². The Morgan fingerprint density at radius 3 is 1.91 bits per heavy atom. The maximum Gasteiger partial charge on any atom is 0.343 e. The van der Waals surface area contributed by atoms with Crippen LogP contribution in [0, 0.1) is 0 Å². The predicted molar refractivity (Wildman–Crippen MR) is 142 cm³/mol. The molecule has 1 saturated heterocycles. The number of benzene rings is 2. The van der Waals surface area contributed by atoms with Gasteiger partial charge in [0.15, 0.2) is 18.0 Å². The standard InChI is InChI=1S/C29H30O14/c1-14(30)24-21(35)11-20(41-28(36)19-9-7-6-8-10-19)12-22(24)42-29-27(40-18(5)34)26(39-17(4)33)25(38-16(3)32)23(43-29)13-37-15(2)31/h6-12,23,25-27,29,35H,13H2,1-5H3/t23-,25+,26+,27-,29+/m1/s1. The fourth-order valence-corrected chi connectivity index (χ4v) is 4.23. The van der Waals surface area contributed by atoms with E-state index in [1.807, 2.05) is 0 Å². The molecule has 0 saturated carbocycles. The Kier molecular flexibility index (Phi) is 10.8. The molecule has 14 heteroatoms. The number of hydrogen-bond acceptors (Lipinski definition) is 14. The lowest BCUT2D eigenvalue weighted by molar-refractivity contribution is -0.288. The van der Waals surface area contributed by atoms with E-state index in [0.717, 1.165) is 46.8 Å².